The van der Waals surface area contributed by atoms with Gasteiger partial charge in [0.2, 0.25) is 5.91 Å². The molecule has 0 saturated carbocycles. The largest absolute Gasteiger partial charge is 0.490 e. The summed E-state index contributed by atoms with van der Waals surface area (Å²) in [4.78, 5) is 23.3. The van der Waals surface area contributed by atoms with E-state index < -0.39 is 5.97 Å². The number of carboxylic acid groups (broad SMARTS) is 1. The van der Waals surface area contributed by atoms with Gasteiger partial charge in [-0.05, 0) is 25.5 Å². The number of nitrogens with zero attached hydrogens (tertiary/aromatic N) is 1. The van der Waals surface area contributed by atoms with Crippen molar-refractivity contribution in [3.05, 3.63) is 24.3 Å². The third kappa shape index (κ3) is 6.16. The number of para-hydroxylation sites is 2. The Balaban J connectivity index is 2.34. The molecule has 1 N–H and O–H groups in total. The highest BCUT2D eigenvalue weighted by Crippen LogP contribution is 2.26. The molecule has 0 fully saturated rings. The molecule has 0 atom stereocenters. The molecule has 0 aliphatic carbocycles. The molecule has 1 amide bonds. The summed E-state index contributed by atoms with van der Waals surface area (Å²) in [7, 11) is 1.47. The molecule has 0 aliphatic rings. The van der Waals surface area contributed by atoms with Crippen molar-refractivity contribution in [1.82, 2.24) is 4.90 Å². The summed E-state index contributed by atoms with van der Waals surface area (Å²) in [6, 6.07) is 7.35. The average Bonchev–Trinajstić information content (AvgIpc) is 2.44. The molecule has 1 aromatic rings. The summed E-state index contributed by atoms with van der Waals surface area (Å²) < 4.78 is 11.0. The van der Waals surface area contributed by atoms with Gasteiger partial charge in [-0.2, -0.15) is 0 Å². The Bertz CT molecular complexity index is 475. The van der Waals surface area contributed by atoms with Crippen LogP contribution >= 0.6 is 0 Å². The molecule has 6 heteroatoms. The smallest absolute Gasteiger partial charge is 0.323 e. The van der Waals surface area contributed by atoms with Gasteiger partial charge in [-0.3, -0.25) is 9.59 Å². The summed E-state index contributed by atoms with van der Waals surface area (Å²) in [6.07, 6.45) is 0.768. The number of rotatable bonds is 9. The van der Waals surface area contributed by atoms with E-state index in [0.717, 1.165) is 0 Å². The second kappa shape index (κ2) is 8.84. The molecule has 6 nitrogen and oxygen atoms in total. The highest BCUT2D eigenvalue weighted by atomic mass is 16.5. The second-order valence-corrected chi connectivity index (χ2v) is 4.48. The standard InChI is InChI=1S/C15H21NO5/c1-3-20-12-7-4-5-8-13(12)21-10-6-9-14(17)16(2)11-15(18)19/h4-5,7-8H,3,6,9-11H2,1-2H3,(H,18,19). The van der Waals surface area contributed by atoms with Crippen LogP contribution in [0, 0.1) is 0 Å². The van der Waals surface area contributed by atoms with E-state index in [1.807, 2.05) is 31.2 Å². The average molecular weight is 295 g/mol. The number of carbonyl (C=O) groups is 2. The van der Waals surface area contributed by atoms with Gasteiger partial charge in [0, 0.05) is 13.5 Å². The van der Waals surface area contributed by atoms with E-state index in [0.29, 0.717) is 31.1 Å². The monoisotopic (exact) mass is 295 g/mol. The van der Waals surface area contributed by atoms with Crippen molar-refractivity contribution in [2.24, 2.45) is 0 Å². The van der Waals surface area contributed by atoms with Crippen LogP contribution in [0.25, 0.3) is 0 Å². The number of ether oxygens (including phenoxy) is 2. The van der Waals surface area contributed by atoms with Crippen LogP contribution in [0.4, 0.5) is 0 Å². The van der Waals surface area contributed by atoms with Gasteiger partial charge in [0.25, 0.3) is 0 Å². The van der Waals surface area contributed by atoms with Gasteiger partial charge in [-0.1, -0.05) is 12.1 Å². The zero-order valence-electron chi connectivity index (χ0n) is 12.4. The number of hydrogen-bond donors (Lipinski definition) is 1. The summed E-state index contributed by atoms with van der Waals surface area (Å²) in [5.41, 5.74) is 0. The molecule has 0 aliphatic heterocycles. The number of likely N-dealkylation sites (N-methyl/N-ethyl adjacent to an activating group) is 1. The normalized spacial score (nSPS) is 10.0. The fraction of sp³-hybridized carbons (Fsp3) is 0.467. The lowest BCUT2D eigenvalue weighted by Crippen LogP contribution is -2.31. The Morgan fingerprint density at radius 2 is 1.81 bits per heavy atom. The molecule has 0 unspecified atom stereocenters. The van der Waals surface area contributed by atoms with E-state index in [1.165, 1.54) is 11.9 Å². The van der Waals surface area contributed by atoms with Crippen LogP contribution in [-0.4, -0.2) is 48.7 Å². The lowest BCUT2D eigenvalue weighted by molar-refractivity contribution is -0.143. The predicted octanol–water partition coefficient (Wildman–Crippen LogP) is 1.79. The van der Waals surface area contributed by atoms with E-state index in [-0.39, 0.29) is 18.9 Å². The van der Waals surface area contributed by atoms with Crippen LogP contribution in [0.5, 0.6) is 11.5 Å². The second-order valence-electron chi connectivity index (χ2n) is 4.48. The van der Waals surface area contributed by atoms with Crippen molar-refractivity contribution in [2.75, 3.05) is 26.8 Å². The van der Waals surface area contributed by atoms with Gasteiger partial charge < -0.3 is 19.5 Å². The van der Waals surface area contributed by atoms with Crippen molar-refractivity contribution in [1.29, 1.82) is 0 Å². The van der Waals surface area contributed by atoms with Gasteiger partial charge in [0.1, 0.15) is 6.54 Å². The minimum Gasteiger partial charge on any atom is -0.490 e. The highest BCUT2D eigenvalue weighted by molar-refractivity contribution is 5.80. The molecule has 1 rings (SSSR count). The number of benzene rings is 1. The lowest BCUT2D eigenvalue weighted by Gasteiger charge is -2.15. The van der Waals surface area contributed by atoms with Gasteiger partial charge in [-0.25, -0.2) is 0 Å². The molecule has 116 valence electrons. The number of amides is 1. The molecule has 1 aromatic carbocycles. The van der Waals surface area contributed by atoms with Crippen molar-refractivity contribution < 1.29 is 24.2 Å². The zero-order valence-corrected chi connectivity index (χ0v) is 12.4. The third-order valence-electron chi connectivity index (χ3n) is 2.74. The summed E-state index contributed by atoms with van der Waals surface area (Å²) in [6.45, 7) is 2.54. The van der Waals surface area contributed by atoms with E-state index in [2.05, 4.69) is 0 Å². The first-order valence-corrected chi connectivity index (χ1v) is 6.85. The number of carboxylic acids is 1. The molecular formula is C15H21NO5. The molecule has 0 heterocycles. The van der Waals surface area contributed by atoms with E-state index in [4.69, 9.17) is 14.6 Å². The van der Waals surface area contributed by atoms with Crippen molar-refractivity contribution in [3.63, 3.8) is 0 Å². The maximum atomic E-state index is 11.6. The van der Waals surface area contributed by atoms with Crippen LogP contribution in [0.2, 0.25) is 0 Å². The first-order valence-electron chi connectivity index (χ1n) is 6.85. The van der Waals surface area contributed by atoms with Gasteiger partial charge in [0.15, 0.2) is 11.5 Å². The minimum atomic E-state index is -1.02. The summed E-state index contributed by atoms with van der Waals surface area (Å²) in [5, 5.41) is 8.60. The van der Waals surface area contributed by atoms with Gasteiger partial charge in [-0.15, -0.1) is 0 Å². The van der Waals surface area contributed by atoms with Crippen molar-refractivity contribution in [3.8, 4) is 11.5 Å². The molecule has 0 spiro atoms. The Hall–Kier alpha value is -2.24. The molecule has 0 aromatic heterocycles. The maximum Gasteiger partial charge on any atom is 0.323 e. The summed E-state index contributed by atoms with van der Waals surface area (Å²) >= 11 is 0. The zero-order chi connectivity index (χ0) is 15.7. The van der Waals surface area contributed by atoms with Crippen molar-refractivity contribution >= 4 is 11.9 Å². The predicted molar refractivity (Wildman–Crippen MR) is 77.6 cm³/mol. The SMILES string of the molecule is CCOc1ccccc1OCCCC(=O)N(C)CC(=O)O. The fourth-order valence-electron chi connectivity index (χ4n) is 1.73. The number of aliphatic carboxylic acids is 1. The van der Waals surface area contributed by atoms with Gasteiger partial charge >= 0.3 is 5.97 Å². The van der Waals surface area contributed by atoms with Gasteiger partial charge in [0.05, 0.1) is 13.2 Å². The first kappa shape index (κ1) is 16.8. The quantitative estimate of drug-likeness (QED) is 0.703. The summed E-state index contributed by atoms with van der Waals surface area (Å²) in [5.74, 6) is 0.0897. The van der Waals surface area contributed by atoms with E-state index in [1.54, 1.807) is 0 Å². The number of hydrogen-bond acceptors (Lipinski definition) is 4. The third-order valence-corrected chi connectivity index (χ3v) is 2.74. The van der Waals surface area contributed by atoms with Crippen LogP contribution < -0.4 is 9.47 Å². The van der Waals surface area contributed by atoms with E-state index in [9.17, 15) is 9.59 Å². The van der Waals surface area contributed by atoms with Crippen LogP contribution in [0.3, 0.4) is 0 Å². The topological polar surface area (TPSA) is 76.1 Å². The van der Waals surface area contributed by atoms with Crippen LogP contribution in [-0.2, 0) is 9.59 Å². The van der Waals surface area contributed by atoms with E-state index >= 15 is 0 Å². The van der Waals surface area contributed by atoms with Crippen LogP contribution in [0.15, 0.2) is 24.3 Å². The van der Waals surface area contributed by atoms with Crippen molar-refractivity contribution in [2.45, 2.75) is 19.8 Å². The first-order chi connectivity index (χ1) is 10.0. The molecule has 21 heavy (non-hydrogen) atoms. The molecular weight excluding hydrogens is 274 g/mol. The Kier molecular flexibility index (Phi) is 7.08. The minimum absolute atomic E-state index is 0.209. The molecule has 0 saturated heterocycles. The fourth-order valence-corrected chi connectivity index (χ4v) is 1.73. The maximum absolute atomic E-state index is 11.6. The lowest BCUT2D eigenvalue weighted by atomic mass is 10.3. The van der Waals surface area contributed by atoms with Crippen LogP contribution in [0.1, 0.15) is 19.8 Å². The Morgan fingerprint density at radius 1 is 1.19 bits per heavy atom. The Morgan fingerprint density at radius 3 is 2.38 bits per heavy atom. The molecule has 0 bridgehead atoms. The highest BCUT2D eigenvalue weighted by Gasteiger charge is 2.11. The number of carbonyl (C=O) groups excluding carboxylic acids is 1. The Labute approximate surface area is 124 Å². The molecule has 0 radical (unpaired) electrons.